The molecule has 5 nitrogen and oxygen atoms in total. The normalized spacial score (nSPS) is 14.3. The highest BCUT2D eigenvalue weighted by molar-refractivity contribution is 14.1. The van der Waals surface area contributed by atoms with E-state index in [0.717, 1.165) is 9.13 Å². The van der Waals surface area contributed by atoms with Gasteiger partial charge in [0.2, 0.25) is 5.78 Å². The molecule has 0 saturated carbocycles. The maximum absolute atomic E-state index is 12.7. The molecular formula is C18H15IO5. The lowest BCUT2D eigenvalue weighted by Gasteiger charge is -2.10. The molecule has 0 amide bonds. The van der Waals surface area contributed by atoms with Crippen molar-refractivity contribution in [1.29, 1.82) is 0 Å². The van der Waals surface area contributed by atoms with Gasteiger partial charge >= 0.3 is 0 Å². The number of fused-ring (bicyclic) bond motifs is 1. The Kier molecular flexibility index (Phi) is 4.66. The van der Waals surface area contributed by atoms with E-state index in [4.69, 9.17) is 18.9 Å². The fraction of sp³-hybridized carbons (Fsp3) is 0.167. The monoisotopic (exact) mass is 438 g/mol. The van der Waals surface area contributed by atoms with Crippen LogP contribution in [0.2, 0.25) is 0 Å². The second kappa shape index (κ2) is 6.72. The summed E-state index contributed by atoms with van der Waals surface area (Å²) in [5.41, 5.74) is 1.23. The molecule has 24 heavy (non-hydrogen) atoms. The molecule has 0 N–H and O–H groups in total. The number of methoxy groups -OCH3 is 3. The molecule has 124 valence electrons. The average molecular weight is 438 g/mol. The first-order valence-corrected chi connectivity index (χ1v) is 8.19. The van der Waals surface area contributed by atoms with E-state index in [0.29, 0.717) is 28.6 Å². The quantitative estimate of drug-likeness (QED) is 0.535. The zero-order chi connectivity index (χ0) is 17.3. The first-order chi connectivity index (χ1) is 11.6. The molecule has 0 radical (unpaired) electrons. The maximum Gasteiger partial charge on any atom is 0.235 e. The molecule has 2 aromatic rings. The van der Waals surface area contributed by atoms with Crippen LogP contribution in [0, 0.1) is 3.57 Å². The minimum atomic E-state index is -0.217. The van der Waals surface area contributed by atoms with E-state index in [1.54, 1.807) is 26.4 Å². The summed E-state index contributed by atoms with van der Waals surface area (Å²) in [6.07, 6.45) is 1.69. The topological polar surface area (TPSA) is 54.0 Å². The van der Waals surface area contributed by atoms with E-state index < -0.39 is 0 Å². The molecule has 0 fully saturated rings. The number of allylic oxidation sites excluding steroid dienone is 1. The predicted octanol–water partition coefficient (Wildman–Crippen LogP) is 3.93. The lowest BCUT2D eigenvalue weighted by Crippen LogP contribution is -2.00. The molecule has 0 bridgehead atoms. The van der Waals surface area contributed by atoms with Gasteiger partial charge in [-0.3, -0.25) is 4.79 Å². The SMILES string of the molecule is COc1cccc(C=C2Oc3c(I)c(OC)cc(OC)c3C2=O)c1. The smallest absolute Gasteiger partial charge is 0.235 e. The molecule has 0 aromatic heterocycles. The van der Waals surface area contributed by atoms with Crippen molar-refractivity contribution in [1.82, 2.24) is 0 Å². The molecule has 0 aliphatic carbocycles. The first kappa shape index (κ1) is 16.6. The van der Waals surface area contributed by atoms with Crippen molar-refractivity contribution in [2.75, 3.05) is 21.3 Å². The molecule has 6 heteroatoms. The van der Waals surface area contributed by atoms with Crippen molar-refractivity contribution in [3.05, 3.63) is 50.8 Å². The molecular weight excluding hydrogens is 423 g/mol. The number of ether oxygens (including phenoxy) is 4. The Bertz CT molecular complexity index is 842. The largest absolute Gasteiger partial charge is 0.497 e. The second-order valence-electron chi connectivity index (χ2n) is 5.02. The summed E-state index contributed by atoms with van der Waals surface area (Å²) in [6, 6.07) is 9.08. The Labute approximate surface area is 153 Å². The molecule has 0 spiro atoms. The Balaban J connectivity index is 2.07. The van der Waals surface area contributed by atoms with Crippen LogP contribution in [0.5, 0.6) is 23.0 Å². The lowest BCUT2D eigenvalue weighted by atomic mass is 10.1. The van der Waals surface area contributed by atoms with Gasteiger partial charge < -0.3 is 18.9 Å². The van der Waals surface area contributed by atoms with Gasteiger partial charge in [0.1, 0.15) is 22.8 Å². The minimum absolute atomic E-state index is 0.217. The van der Waals surface area contributed by atoms with Gasteiger partial charge in [-0.25, -0.2) is 0 Å². The molecule has 0 saturated heterocycles. The fourth-order valence-electron chi connectivity index (χ4n) is 2.47. The van der Waals surface area contributed by atoms with Crippen LogP contribution in [0.4, 0.5) is 0 Å². The lowest BCUT2D eigenvalue weighted by molar-refractivity contribution is 0.101. The standard InChI is InChI=1S/C18H15IO5/c1-21-11-6-4-5-10(7-11)8-14-17(20)15-12(22-2)9-13(23-3)16(19)18(15)24-14/h4-9H,1-3H3. The Morgan fingerprint density at radius 2 is 1.79 bits per heavy atom. The molecule has 1 aliphatic heterocycles. The highest BCUT2D eigenvalue weighted by atomic mass is 127. The van der Waals surface area contributed by atoms with E-state index >= 15 is 0 Å². The zero-order valence-electron chi connectivity index (χ0n) is 13.4. The van der Waals surface area contributed by atoms with Gasteiger partial charge in [-0.2, -0.15) is 0 Å². The zero-order valence-corrected chi connectivity index (χ0v) is 15.5. The van der Waals surface area contributed by atoms with Gasteiger partial charge in [-0.15, -0.1) is 0 Å². The van der Waals surface area contributed by atoms with Gasteiger partial charge in [-0.1, -0.05) is 12.1 Å². The van der Waals surface area contributed by atoms with Crippen LogP contribution in [0.1, 0.15) is 15.9 Å². The van der Waals surface area contributed by atoms with Gasteiger partial charge in [0.15, 0.2) is 11.5 Å². The van der Waals surface area contributed by atoms with E-state index in [9.17, 15) is 4.79 Å². The molecule has 2 aromatic carbocycles. The van der Waals surface area contributed by atoms with Crippen molar-refractivity contribution in [3.8, 4) is 23.0 Å². The first-order valence-electron chi connectivity index (χ1n) is 7.11. The third-order valence-corrected chi connectivity index (χ3v) is 4.67. The van der Waals surface area contributed by atoms with E-state index in [1.165, 1.54) is 7.11 Å². The van der Waals surface area contributed by atoms with Crippen molar-refractivity contribution < 1.29 is 23.7 Å². The molecule has 0 unspecified atom stereocenters. The summed E-state index contributed by atoms with van der Waals surface area (Å²) in [5.74, 6) is 2.22. The number of carbonyl (C=O) groups excluding carboxylic acids is 1. The van der Waals surface area contributed by atoms with Crippen molar-refractivity contribution in [2.45, 2.75) is 0 Å². The van der Waals surface area contributed by atoms with Gasteiger partial charge in [0.05, 0.1) is 24.9 Å². The predicted molar refractivity (Wildman–Crippen MR) is 98.2 cm³/mol. The van der Waals surface area contributed by atoms with Crippen molar-refractivity contribution in [3.63, 3.8) is 0 Å². The third-order valence-electron chi connectivity index (χ3n) is 3.65. The maximum atomic E-state index is 12.7. The fourth-order valence-corrected chi connectivity index (χ4v) is 3.22. The summed E-state index contributed by atoms with van der Waals surface area (Å²) in [5, 5.41) is 0. The van der Waals surface area contributed by atoms with Crippen LogP contribution in [0.15, 0.2) is 36.1 Å². The average Bonchev–Trinajstić information content (AvgIpc) is 2.93. The van der Waals surface area contributed by atoms with Gasteiger partial charge in [0.25, 0.3) is 0 Å². The highest BCUT2D eigenvalue weighted by Gasteiger charge is 2.34. The number of carbonyl (C=O) groups is 1. The van der Waals surface area contributed by atoms with E-state index in [-0.39, 0.29) is 11.5 Å². The third kappa shape index (κ3) is 2.82. The molecule has 0 atom stereocenters. The summed E-state index contributed by atoms with van der Waals surface area (Å²) in [6.45, 7) is 0. The Morgan fingerprint density at radius 1 is 1.04 bits per heavy atom. The number of hydrogen-bond donors (Lipinski definition) is 0. The number of benzene rings is 2. The number of Topliss-reactive ketones (excluding diaryl/α,β-unsaturated/α-hetero) is 1. The van der Waals surface area contributed by atoms with Crippen LogP contribution < -0.4 is 18.9 Å². The van der Waals surface area contributed by atoms with E-state index in [1.807, 2.05) is 24.3 Å². The van der Waals surface area contributed by atoms with Crippen molar-refractivity contribution >= 4 is 34.5 Å². The van der Waals surface area contributed by atoms with Crippen molar-refractivity contribution in [2.24, 2.45) is 0 Å². The number of ketones is 1. The Morgan fingerprint density at radius 3 is 2.46 bits per heavy atom. The summed E-state index contributed by atoms with van der Waals surface area (Å²) < 4.78 is 22.4. The number of hydrogen-bond acceptors (Lipinski definition) is 5. The molecule has 3 rings (SSSR count). The summed E-state index contributed by atoms with van der Waals surface area (Å²) in [4.78, 5) is 12.7. The van der Waals surface area contributed by atoms with Gasteiger partial charge in [0, 0.05) is 6.07 Å². The summed E-state index contributed by atoms with van der Waals surface area (Å²) in [7, 11) is 4.67. The van der Waals surface area contributed by atoms with Crippen LogP contribution in [0.25, 0.3) is 6.08 Å². The summed E-state index contributed by atoms with van der Waals surface area (Å²) >= 11 is 2.10. The Hall–Kier alpha value is -2.22. The highest BCUT2D eigenvalue weighted by Crippen LogP contribution is 2.45. The van der Waals surface area contributed by atoms with Crippen LogP contribution in [-0.2, 0) is 0 Å². The van der Waals surface area contributed by atoms with Gasteiger partial charge in [-0.05, 0) is 46.4 Å². The van der Waals surface area contributed by atoms with Crippen LogP contribution in [0.3, 0.4) is 0 Å². The molecule has 1 aliphatic rings. The molecule has 1 heterocycles. The minimum Gasteiger partial charge on any atom is -0.497 e. The van der Waals surface area contributed by atoms with E-state index in [2.05, 4.69) is 22.6 Å². The number of halogens is 1. The number of rotatable bonds is 4. The van der Waals surface area contributed by atoms with Crippen LogP contribution >= 0.6 is 22.6 Å². The van der Waals surface area contributed by atoms with Crippen LogP contribution in [-0.4, -0.2) is 27.1 Å². The second-order valence-corrected chi connectivity index (χ2v) is 6.09.